The topological polar surface area (TPSA) is 61.3 Å². The van der Waals surface area contributed by atoms with Crippen LogP contribution in [0.2, 0.25) is 0 Å². The third-order valence-electron chi connectivity index (χ3n) is 2.50. The van der Waals surface area contributed by atoms with E-state index in [9.17, 15) is 0 Å². The van der Waals surface area contributed by atoms with Crippen molar-refractivity contribution in [1.29, 1.82) is 0 Å². The van der Waals surface area contributed by atoms with E-state index in [0.717, 1.165) is 24.7 Å². The van der Waals surface area contributed by atoms with E-state index in [1.807, 2.05) is 6.07 Å². The van der Waals surface area contributed by atoms with Gasteiger partial charge in [0.1, 0.15) is 18.0 Å². The molecule has 1 aliphatic rings. The predicted octanol–water partition coefficient (Wildman–Crippen LogP) is 0.481. The van der Waals surface area contributed by atoms with Gasteiger partial charge in [0, 0.05) is 25.7 Å². The van der Waals surface area contributed by atoms with Crippen molar-refractivity contribution in [1.82, 2.24) is 9.97 Å². The summed E-state index contributed by atoms with van der Waals surface area (Å²) >= 11 is 0. The number of aliphatic hydroxyl groups excluding tert-OH is 1. The lowest BCUT2D eigenvalue weighted by atomic mass is 10.4. The summed E-state index contributed by atoms with van der Waals surface area (Å²) < 4.78 is 0. The van der Waals surface area contributed by atoms with Crippen molar-refractivity contribution >= 4 is 11.6 Å². The van der Waals surface area contributed by atoms with Gasteiger partial charge in [0.05, 0.1) is 6.61 Å². The van der Waals surface area contributed by atoms with Gasteiger partial charge in [-0.05, 0) is 12.8 Å². The number of hydrogen-bond acceptors (Lipinski definition) is 5. The Balaban J connectivity index is 2.04. The van der Waals surface area contributed by atoms with E-state index in [1.54, 1.807) is 6.33 Å². The van der Waals surface area contributed by atoms with Crippen LogP contribution >= 0.6 is 0 Å². The molecule has 15 heavy (non-hydrogen) atoms. The van der Waals surface area contributed by atoms with Crippen molar-refractivity contribution in [2.75, 3.05) is 36.5 Å². The molecule has 1 aromatic rings. The van der Waals surface area contributed by atoms with Crippen molar-refractivity contribution in [3.63, 3.8) is 0 Å². The van der Waals surface area contributed by atoms with Gasteiger partial charge in [-0.2, -0.15) is 0 Å². The van der Waals surface area contributed by atoms with E-state index >= 15 is 0 Å². The smallest absolute Gasteiger partial charge is 0.134 e. The van der Waals surface area contributed by atoms with Crippen LogP contribution in [-0.4, -0.2) is 41.3 Å². The van der Waals surface area contributed by atoms with E-state index in [0.29, 0.717) is 6.54 Å². The minimum Gasteiger partial charge on any atom is -0.395 e. The van der Waals surface area contributed by atoms with Crippen LogP contribution < -0.4 is 10.2 Å². The summed E-state index contributed by atoms with van der Waals surface area (Å²) in [6.07, 6.45) is 4.04. The maximum atomic E-state index is 8.69. The van der Waals surface area contributed by atoms with Gasteiger partial charge >= 0.3 is 0 Å². The summed E-state index contributed by atoms with van der Waals surface area (Å²) in [5, 5.41) is 11.7. The average Bonchev–Trinajstić information content (AvgIpc) is 2.80. The second-order valence-corrected chi connectivity index (χ2v) is 3.61. The number of hydrogen-bond donors (Lipinski definition) is 2. The van der Waals surface area contributed by atoms with Crippen molar-refractivity contribution in [2.45, 2.75) is 12.8 Å². The number of aromatic nitrogens is 2. The maximum absolute atomic E-state index is 8.69. The highest BCUT2D eigenvalue weighted by Crippen LogP contribution is 2.18. The molecule has 0 bridgehead atoms. The zero-order valence-electron chi connectivity index (χ0n) is 8.69. The Kier molecular flexibility index (Phi) is 3.34. The third kappa shape index (κ3) is 2.56. The third-order valence-corrected chi connectivity index (χ3v) is 2.50. The minimum atomic E-state index is 0.114. The van der Waals surface area contributed by atoms with Gasteiger partial charge in [0.25, 0.3) is 0 Å². The van der Waals surface area contributed by atoms with Crippen LogP contribution in [0.4, 0.5) is 11.6 Å². The van der Waals surface area contributed by atoms with E-state index in [2.05, 4.69) is 20.2 Å². The molecule has 2 heterocycles. The van der Waals surface area contributed by atoms with Crippen LogP contribution in [0.3, 0.4) is 0 Å². The van der Waals surface area contributed by atoms with Gasteiger partial charge in [-0.1, -0.05) is 0 Å². The van der Waals surface area contributed by atoms with Crippen molar-refractivity contribution in [3.05, 3.63) is 12.4 Å². The first-order chi connectivity index (χ1) is 7.40. The Labute approximate surface area is 89.2 Å². The van der Waals surface area contributed by atoms with Gasteiger partial charge in [0.15, 0.2) is 0 Å². The van der Waals surface area contributed by atoms with Gasteiger partial charge < -0.3 is 15.3 Å². The van der Waals surface area contributed by atoms with Crippen LogP contribution in [0.5, 0.6) is 0 Å². The second-order valence-electron chi connectivity index (χ2n) is 3.61. The Bertz CT molecular complexity index is 312. The van der Waals surface area contributed by atoms with Gasteiger partial charge in [0.2, 0.25) is 0 Å². The molecule has 0 saturated carbocycles. The van der Waals surface area contributed by atoms with Crippen LogP contribution in [-0.2, 0) is 0 Å². The van der Waals surface area contributed by atoms with Crippen molar-refractivity contribution < 1.29 is 5.11 Å². The van der Waals surface area contributed by atoms with E-state index in [-0.39, 0.29) is 6.61 Å². The van der Waals surface area contributed by atoms with Crippen LogP contribution in [0.1, 0.15) is 12.8 Å². The van der Waals surface area contributed by atoms with Gasteiger partial charge in [-0.15, -0.1) is 0 Å². The first-order valence-electron chi connectivity index (χ1n) is 5.32. The van der Waals surface area contributed by atoms with Crippen LogP contribution in [0, 0.1) is 0 Å². The second kappa shape index (κ2) is 4.93. The molecule has 2 rings (SSSR count). The number of nitrogens with one attached hydrogen (secondary N) is 1. The number of rotatable bonds is 4. The molecular weight excluding hydrogens is 192 g/mol. The molecule has 1 aliphatic heterocycles. The molecule has 1 aromatic heterocycles. The predicted molar refractivity (Wildman–Crippen MR) is 59.1 cm³/mol. The summed E-state index contributed by atoms with van der Waals surface area (Å²) in [5.74, 6) is 1.75. The Morgan fingerprint density at radius 1 is 1.33 bits per heavy atom. The zero-order chi connectivity index (χ0) is 10.5. The van der Waals surface area contributed by atoms with E-state index in [1.165, 1.54) is 12.8 Å². The highest BCUT2D eigenvalue weighted by molar-refractivity contribution is 5.48. The monoisotopic (exact) mass is 208 g/mol. The standard InChI is InChI=1S/C10H16N4O/c15-6-3-11-9-7-10(13-8-12-9)14-4-1-2-5-14/h7-8,15H,1-6H2,(H,11,12,13). The number of nitrogens with zero attached hydrogens (tertiary/aromatic N) is 3. The summed E-state index contributed by atoms with van der Waals surface area (Å²) in [6.45, 7) is 2.80. The number of aliphatic hydroxyl groups is 1. The average molecular weight is 208 g/mol. The molecular formula is C10H16N4O. The zero-order valence-corrected chi connectivity index (χ0v) is 8.69. The fraction of sp³-hybridized carbons (Fsp3) is 0.600. The molecule has 82 valence electrons. The Morgan fingerprint density at radius 3 is 2.87 bits per heavy atom. The van der Waals surface area contributed by atoms with E-state index < -0.39 is 0 Å². The summed E-state index contributed by atoms with van der Waals surface area (Å²) in [7, 11) is 0. The first-order valence-corrected chi connectivity index (χ1v) is 5.32. The first kappa shape index (κ1) is 10.2. The van der Waals surface area contributed by atoms with Crippen molar-refractivity contribution in [2.24, 2.45) is 0 Å². The lowest BCUT2D eigenvalue weighted by Gasteiger charge is -2.16. The fourth-order valence-electron chi connectivity index (χ4n) is 1.75. The molecule has 0 spiro atoms. The maximum Gasteiger partial charge on any atom is 0.134 e. The van der Waals surface area contributed by atoms with Gasteiger partial charge in [-0.25, -0.2) is 9.97 Å². The SMILES string of the molecule is OCCNc1cc(N2CCCC2)ncn1. The molecule has 0 atom stereocenters. The Hall–Kier alpha value is -1.36. The fourth-order valence-corrected chi connectivity index (χ4v) is 1.75. The highest BCUT2D eigenvalue weighted by Gasteiger charge is 2.13. The molecule has 1 saturated heterocycles. The largest absolute Gasteiger partial charge is 0.395 e. The lowest BCUT2D eigenvalue weighted by molar-refractivity contribution is 0.311. The molecule has 1 fully saturated rings. The van der Waals surface area contributed by atoms with Crippen molar-refractivity contribution in [3.8, 4) is 0 Å². The minimum absolute atomic E-state index is 0.114. The molecule has 0 unspecified atom stereocenters. The Morgan fingerprint density at radius 2 is 2.13 bits per heavy atom. The van der Waals surface area contributed by atoms with Gasteiger partial charge in [-0.3, -0.25) is 0 Å². The molecule has 2 N–H and O–H groups in total. The summed E-state index contributed by atoms with van der Waals surface area (Å²) in [5.41, 5.74) is 0. The molecule has 5 nitrogen and oxygen atoms in total. The quantitative estimate of drug-likeness (QED) is 0.753. The normalized spacial score (nSPS) is 15.7. The molecule has 5 heteroatoms. The highest BCUT2D eigenvalue weighted by atomic mass is 16.3. The molecule has 0 aliphatic carbocycles. The molecule has 0 radical (unpaired) electrons. The van der Waals surface area contributed by atoms with Crippen LogP contribution in [0.25, 0.3) is 0 Å². The summed E-state index contributed by atoms with van der Waals surface area (Å²) in [6, 6.07) is 1.93. The molecule has 0 amide bonds. The lowest BCUT2D eigenvalue weighted by Crippen LogP contribution is -2.19. The summed E-state index contributed by atoms with van der Waals surface area (Å²) in [4.78, 5) is 10.6. The molecule has 0 aromatic carbocycles. The van der Waals surface area contributed by atoms with E-state index in [4.69, 9.17) is 5.11 Å². The van der Waals surface area contributed by atoms with Crippen LogP contribution in [0.15, 0.2) is 12.4 Å². The number of anilines is 2.